The van der Waals surface area contributed by atoms with Crippen molar-refractivity contribution in [3.05, 3.63) is 21.9 Å². The highest BCUT2D eigenvalue weighted by atomic mass is 32.1. The molecule has 1 saturated carbocycles. The summed E-state index contributed by atoms with van der Waals surface area (Å²) in [5, 5.41) is 7.77. The molecule has 1 aromatic rings. The van der Waals surface area contributed by atoms with E-state index >= 15 is 0 Å². The van der Waals surface area contributed by atoms with Gasteiger partial charge in [-0.3, -0.25) is 0 Å². The van der Waals surface area contributed by atoms with E-state index in [0.717, 1.165) is 19.3 Å². The van der Waals surface area contributed by atoms with Gasteiger partial charge in [-0.1, -0.05) is 0 Å². The second-order valence-corrected chi connectivity index (χ2v) is 5.73. The molecule has 1 aromatic heterocycles. The second-order valence-electron chi connectivity index (χ2n) is 4.99. The van der Waals surface area contributed by atoms with E-state index in [1.807, 2.05) is 0 Å². The van der Waals surface area contributed by atoms with Gasteiger partial charge in [-0.15, -0.1) is 0 Å². The van der Waals surface area contributed by atoms with Crippen molar-refractivity contribution in [1.29, 1.82) is 0 Å². The van der Waals surface area contributed by atoms with Gasteiger partial charge in [0.2, 0.25) is 0 Å². The third kappa shape index (κ3) is 2.00. The second kappa shape index (κ2) is 3.77. The monoisotopic (exact) mass is 245 g/mol. The lowest BCUT2D eigenvalue weighted by Crippen LogP contribution is -2.52. The molecule has 3 rings (SSSR count). The third-order valence-corrected chi connectivity index (χ3v) is 4.46. The molecule has 0 bridgehead atoms. The van der Waals surface area contributed by atoms with Crippen LogP contribution in [-0.4, -0.2) is 18.0 Å². The van der Waals surface area contributed by atoms with Gasteiger partial charge < -0.3 is 5.32 Å². The minimum absolute atomic E-state index is 0. The van der Waals surface area contributed by atoms with Crippen molar-refractivity contribution < 1.29 is 10.2 Å². The fourth-order valence-corrected chi connectivity index (χ4v) is 3.61. The van der Waals surface area contributed by atoms with E-state index in [4.69, 9.17) is 0 Å². The Morgan fingerprint density at radius 3 is 2.75 bits per heavy atom. The van der Waals surface area contributed by atoms with Crippen LogP contribution in [0.5, 0.6) is 0 Å². The van der Waals surface area contributed by atoms with Crippen LogP contribution in [0.3, 0.4) is 0 Å². The molecule has 1 fully saturated rings. The van der Waals surface area contributed by atoms with Gasteiger partial charge in [0.05, 0.1) is 0 Å². The maximum atomic E-state index is 12.7. The molecular formula is C12H17F2NS. The third-order valence-electron chi connectivity index (χ3n) is 3.62. The molecule has 2 aliphatic rings. The average molecular weight is 245 g/mol. The number of halogens is 2. The molecule has 1 unspecified atom stereocenters. The summed E-state index contributed by atoms with van der Waals surface area (Å²) in [6.45, 7) is 0. The topological polar surface area (TPSA) is 12.0 Å². The number of hydrogen-bond acceptors (Lipinski definition) is 2. The summed E-state index contributed by atoms with van der Waals surface area (Å²) in [6, 6.07) is 0.448. The van der Waals surface area contributed by atoms with E-state index in [-0.39, 0.29) is 20.3 Å². The van der Waals surface area contributed by atoms with Crippen molar-refractivity contribution >= 4 is 11.3 Å². The van der Waals surface area contributed by atoms with Crippen molar-refractivity contribution in [3.63, 3.8) is 0 Å². The SMILES string of the molecule is FC1(F)CC(NC2CCc3cscc3C2)C1.[HH]. The van der Waals surface area contributed by atoms with Gasteiger partial charge in [0.25, 0.3) is 5.92 Å². The molecule has 1 nitrogen and oxygen atoms in total. The highest BCUT2D eigenvalue weighted by molar-refractivity contribution is 7.08. The Labute approximate surface area is 99.3 Å². The first-order valence-corrected chi connectivity index (χ1v) is 6.74. The summed E-state index contributed by atoms with van der Waals surface area (Å²) >= 11 is 1.75. The minimum Gasteiger partial charge on any atom is -0.310 e. The summed E-state index contributed by atoms with van der Waals surface area (Å²) in [6.07, 6.45) is 3.26. The molecule has 4 heteroatoms. The first-order chi connectivity index (χ1) is 7.62. The van der Waals surface area contributed by atoms with Crippen molar-refractivity contribution in [2.24, 2.45) is 0 Å². The van der Waals surface area contributed by atoms with Crippen LogP contribution in [-0.2, 0) is 12.8 Å². The first-order valence-electron chi connectivity index (χ1n) is 5.80. The molecule has 0 spiro atoms. The van der Waals surface area contributed by atoms with E-state index in [2.05, 4.69) is 16.1 Å². The van der Waals surface area contributed by atoms with Crippen molar-refractivity contribution in [2.45, 2.75) is 50.1 Å². The van der Waals surface area contributed by atoms with Crippen molar-refractivity contribution in [3.8, 4) is 0 Å². The van der Waals surface area contributed by atoms with Gasteiger partial charge in [0, 0.05) is 26.4 Å². The largest absolute Gasteiger partial charge is 0.310 e. The maximum absolute atomic E-state index is 12.7. The van der Waals surface area contributed by atoms with E-state index in [1.165, 1.54) is 11.1 Å². The molecule has 1 atom stereocenters. The van der Waals surface area contributed by atoms with Gasteiger partial charge in [-0.2, -0.15) is 11.3 Å². The zero-order valence-electron chi connectivity index (χ0n) is 9.01. The van der Waals surface area contributed by atoms with Crippen LogP contribution in [0, 0.1) is 0 Å². The van der Waals surface area contributed by atoms with Gasteiger partial charge >= 0.3 is 0 Å². The lowest BCUT2D eigenvalue weighted by molar-refractivity contribution is -0.0949. The summed E-state index contributed by atoms with van der Waals surface area (Å²) in [5.41, 5.74) is 2.88. The number of hydrogen-bond donors (Lipinski definition) is 1. The van der Waals surface area contributed by atoms with E-state index in [9.17, 15) is 8.78 Å². The molecule has 0 aromatic carbocycles. The molecule has 0 amide bonds. The standard InChI is InChI=1S/C12H15F2NS.H2/c13-12(14)4-11(5-12)15-10-2-1-8-6-16-7-9(8)3-10;/h6-7,10-11,15H,1-5H2;1H. The number of aryl methyl sites for hydroxylation is 1. The number of rotatable bonds is 2. The lowest BCUT2D eigenvalue weighted by atomic mass is 9.85. The minimum atomic E-state index is -2.40. The summed E-state index contributed by atoms with van der Waals surface area (Å²) < 4.78 is 25.4. The predicted molar refractivity (Wildman–Crippen MR) is 63.4 cm³/mol. The quantitative estimate of drug-likeness (QED) is 0.843. The van der Waals surface area contributed by atoms with Crippen LogP contribution < -0.4 is 5.32 Å². The normalized spacial score (nSPS) is 28.5. The van der Waals surface area contributed by atoms with Crippen LogP contribution in [0.1, 0.15) is 31.8 Å². The highest BCUT2D eigenvalue weighted by Gasteiger charge is 2.45. The molecule has 1 heterocycles. The first kappa shape index (κ1) is 10.7. The molecule has 1 N–H and O–H groups in total. The zero-order valence-corrected chi connectivity index (χ0v) is 9.83. The van der Waals surface area contributed by atoms with Crippen molar-refractivity contribution in [2.75, 3.05) is 0 Å². The van der Waals surface area contributed by atoms with E-state index in [0.29, 0.717) is 6.04 Å². The lowest BCUT2D eigenvalue weighted by Gasteiger charge is -2.39. The fraction of sp³-hybridized carbons (Fsp3) is 0.667. The predicted octanol–water partition coefficient (Wildman–Crippen LogP) is 3.24. The average Bonchev–Trinajstić information content (AvgIpc) is 2.61. The number of nitrogens with one attached hydrogen (secondary N) is 1. The summed E-state index contributed by atoms with van der Waals surface area (Å²) in [7, 11) is 0. The van der Waals surface area contributed by atoms with Gasteiger partial charge in [-0.25, -0.2) is 8.78 Å². The van der Waals surface area contributed by atoms with Gasteiger partial charge in [0.1, 0.15) is 0 Å². The fourth-order valence-electron chi connectivity index (χ4n) is 2.70. The van der Waals surface area contributed by atoms with Gasteiger partial charge in [0.15, 0.2) is 0 Å². The molecule has 0 radical (unpaired) electrons. The Hall–Kier alpha value is -0.480. The number of fused-ring (bicyclic) bond motifs is 1. The van der Waals surface area contributed by atoms with Crippen LogP contribution in [0.15, 0.2) is 10.8 Å². The molecular weight excluding hydrogens is 228 g/mol. The molecule has 0 aliphatic heterocycles. The van der Waals surface area contributed by atoms with Gasteiger partial charge in [-0.05, 0) is 41.1 Å². The van der Waals surface area contributed by atoms with Crippen LogP contribution in [0.25, 0.3) is 0 Å². The van der Waals surface area contributed by atoms with Crippen LogP contribution >= 0.6 is 11.3 Å². The molecule has 0 saturated heterocycles. The Kier molecular flexibility index (Phi) is 2.51. The smallest absolute Gasteiger partial charge is 0.251 e. The Bertz CT molecular complexity index is 386. The maximum Gasteiger partial charge on any atom is 0.251 e. The zero-order chi connectivity index (χ0) is 11.2. The highest BCUT2D eigenvalue weighted by Crippen LogP contribution is 2.38. The molecule has 16 heavy (non-hydrogen) atoms. The number of alkyl halides is 2. The van der Waals surface area contributed by atoms with Crippen molar-refractivity contribution in [1.82, 2.24) is 5.32 Å². The molecule has 90 valence electrons. The van der Waals surface area contributed by atoms with Crippen LogP contribution in [0.4, 0.5) is 8.78 Å². The molecule has 2 aliphatic carbocycles. The van der Waals surface area contributed by atoms with E-state index in [1.54, 1.807) is 11.3 Å². The Morgan fingerprint density at radius 2 is 2.00 bits per heavy atom. The Morgan fingerprint density at radius 1 is 1.25 bits per heavy atom. The van der Waals surface area contributed by atoms with Crippen LogP contribution in [0.2, 0.25) is 0 Å². The summed E-state index contributed by atoms with van der Waals surface area (Å²) in [5.74, 6) is -2.40. The summed E-state index contributed by atoms with van der Waals surface area (Å²) in [4.78, 5) is 0. The Balaban J connectivity index is 0.00000108. The number of thiophene rings is 1. The van der Waals surface area contributed by atoms with E-state index < -0.39 is 5.92 Å².